The molecule has 0 saturated carbocycles. The smallest absolute Gasteiger partial charge is 0.336 e. The summed E-state index contributed by atoms with van der Waals surface area (Å²) in [5, 5.41) is 10.4. The van der Waals surface area contributed by atoms with Crippen LogP contribution in [0.4, 0.5) is 0 Å². The number of benzene rings is 2. The van der Waals surface area contributed by atoms with E-state index in [0.717, 1.165) is 4.70 Å². The van der Waals surface area contributed by atoms with Crippen molar-refractivity contribution in [1.29, 1.82) is 0 Å². The second-order valence-electron chi connectivity index (χ2n) is 4.74. The van der Waals surface area contributed by atoms with Crippen LogP contribution in [0, 0.1) is 0 Å². The highest BCUT2D eigenvalue weighted by Crippen LogP contribution is 2.28. The summed E-state index contributed by atoms with van der Waals surface area (Å²) in [6.07, 6.45) is 0.439. The zero-order valence-corrected chi connectivity index (χ0v) is 11.9. The molecule has 0 aliphatic heterocycles. The van der Waals surface area contributed by atoms with Gasteiger partial charge < -0.3 is 10.8 Å². The number of rotatable bonds is 3. The lowest BCUT2D eigenvalue weighted by atomic mass is 9.99. The Morgan fingerprint density at radius 1 is 1.14 bits per heavy atom. The highest BCUT2D eigenvalue weighted by atomic mass is 32.1. The molecule has 106 valence electrons. The van der Waals surface area contributed by atoms with Gasteiger partial charge in [0.2, 0.25) is 0 Å². The van der Waals surface area contributed by atoms with Crippen molar-refractivity contribution in [3.05, 3.63) is 57.7 Å². The van der Waals surface area contributed by atoms with E-state index in [4.69, 9.17) is 5.73 Å². The average Bonchev–Trinajstić information content (AvgIpc) is 2.48. The maximum atomic E-state index is 12.7. The van der Waals surface area contributed by atoms with Crippen molar-refractivity contribution in [2.45, 2.75) is 6.42 Å². The van der Waals surface area contributed by atoms with Crippen LogP contribution in [0.2, 0.25) is 0 Å². The Morgan fingerprint density at radius 3 is 2.62 bits per heavy atom. The highest BCUT2D eigenvalue weighted by molar-refractivity contribution is 7.24. The fourth-order valence-electron chi connectivity index (χ4n) is 2.54. The lowest BCUT2D eigenvalue weighted by Gasteiger charge is -2.09. The summed E-state index contributed by atoms with van der Waals surface area (Å²) in [5.41, 5.74) is 6.00. The zero-order valence-electron chi connectivity index (χ0n) is 11.1. The Morgan fingerprint density at radius 2 is 1.90 bits per heavy atom. The van der Waals surface area contributed by atoms with Crippen LogP contribution < -0.4 is 11.2 Å². The number of aromatic carboxylic acids is 1. The molecule has 0 fully saturated rings. The van der Waals surface area contributed by atoms with Crippen LogP contribution >= 0.6 is 11.3 Å². The summed E-state index contributed by atoms with van der Waals surface area (Å²) >= 11 is 1.43. The van der Waals surface area contributed by atoms with Gasteiger partial charge in [-0.3, -0.25) is 4.79 Å². The van der Waals surface area contributed by atoms with E-state index in [-0.39, 0.29) is 16.4 Å². The summed E-state index contributed by atoms with van der Waals surface area (Å²) < 4.78 is 1.55. The van der Waals surface area contributed by atoms with Gasteiger partial charge >= 0.3 is 5.97 Å². The number of hydrogen-bond acceptors (Lipinski definition) is 4. The summed E-state index contributed by atoms with van der Waals surface area (Å²) in [6.45, 7) is 0.344. The topological polar surface area (TPSA) is 80.4 Å². The Hall–Kier alpha value is -2.24. The van der Waals surface area contributed by atoms with Crippen LogP contribution in [0.3, 0.4) is 0 Å². The lowest BCUT2D eigenvalue weighted by molar-refractivity contribution is 0.0698. The molecule has 0 amide bonds. The van der Waals surface area contributed by atoms with Crippen molar-refractivity contribution < 1.29 is 9.90 Å². The molecule has 5 heteroatoms. The van der Waals surface area contributed by atoms with Gasteiger partial charge in [-0.25, -0.2) is 4.79 Å². The van der Waals surface area contributed by atoms with Crippen molar-refractivity contribution in [2.24, 2.45) is 5.73 Å². The predicted molar refractivity (Wildman–Crippen MR) is 85.3 cm³/mol. The Bertz CT molecular complexity index is 914. The second-order valence-corrected chi connectivity index (χ2v) is 5.83. The van der Waals surface area contributed by atoms with Crippen molar-refractivity contribution in [3.63, 3.8) is 0 Å². The highest BCUT2D eigenvalue weighted by Gasteiger charge is 2.18. The Balaban J connectivity index is 2.52. The van der Waals surface area contributed by atoms with Gasteiger partial charge in [0.15, 0.2) is 5.43 Å². The van der Waals surface area contributed by atoms with E-state index in [2.05, 4.69) is 0 Å². The molecule has 0 atom stereocenters. The van der Waals surface area contributed by atoms with Crippen LogP contribution in [-0.4, -0.2) is 17.6 Å². The lowest BCUT2D eigenvalue weighted by Crippen LogP contribution is -2.13. The molecular formula is C16H13NO3S. The van der Waals surface area contributed by atoms with Crippen LogP contribution in [0.5, 0.6) is 0 Å². The van der Waals surface area contributed by atoms with Crippen LogP contribution in [0.15, 0.2) is 41.2 Å². The molecule has 0 spiro atoms. The van der Waals surface area contributed by atoms with Crippen molar-refractivity contribution in [2.75, 3.05) is 6.54 Å². The molecule has 2 aromatic carbocycles. The van der Waals surface area contributed by atoms with Gasteiger partial charge in [0, 0.05) is 14.8 Å². The van der Waals surface area contributed by atoms with E-state index in [0.29, 0.717) is 28.6 Å². The van der Waals surface area contributed by atoms with Crippen LogP contribution in [0.25, 0.3) is 20.2 Å². The van der Waals surface area contributed by atoms with Gasteiger partial charge in [-0.15, -0.1) is 11.3 Å². The SMILES string of the molecule is NCCc1ccc2sc3ccccc3c(=O)c2c1C(=O)O. The number of carbonyl (C=O) groups is 1. The van der Waals surface area contributed by atoms with E-state index >= 15 is 0 Å². The van der Waals surface area contributed by atoms with E-state index in [9.17, 15) is 14.7 Å². The van der Waals surface area contributed by atoms with Crippen LogP contribution in [0.1, 0.15) is 15.9 Å². The standard InChI is InChI=1S/C16H13NO3S/c17-8-7-9-5-6-12-14(13(9)16(19)20)15(18)10-3-1-2-4-11(10)21-12/h1-6H,7-8,17H2,(H,19,20). The molecule has 0 aliphatic carbocycles. The van der Waals surface area contributed by atoms with E-state index in [1.807, 2.05) is 18.2 Å². The monoisotopic (exact) mass is 299 g/mol. The quantitative estimate of drug-likeness (QED) is 0.728. The molecule has 1 aromatic heterocycles. The van der Waals surface area contributed by atoms with Gasteiger partial charge in [-0.05, 0) is 36.7 Å². The third-order valence-electron chi connectivity index (χ3n) is 3.46. The first-order chi connectivity index (χ1) is 10.1. The van der Waals surface area contributed by atoms with Gasteiger partial charge in [-0.2, -0.15) is 0 Å². The van der Waals surface area contributed by atoms with Gasteiger partial charge in [-0.1, -0.05) is 18.2 Å². The largest absolute Gasteiger partial charge is 0.478 e. The molecule has 3 aromatic rings. The maximum absolute atomic E-state index is 12.7. The van der Waals surface area contributed by atoms with Gasteiger partial charge in [0.1, 0.15) is 0 Å². The number of fused-ring (bicyclic) bond motifs is 2. The minimum atomic E-state index is -1.08. The molecule has 21 heavy (non-hydrogen) atoms. The van der Waals surface area contributed by atoms with E-state index in [1.54, 1.807) is 18.2 Å². The third kappa shape index (κ3) is 2.20. The maximum Gasteiger partial charge on any atom is 0.336 e. The average molecular weight is 299 g/mol. The van der Waals surface area contributed by atoms with Gasteiger partial charge in [0.05, 0.1) is 10.9 Å². The van der Waals surface area contributed by atoms with E-state index in [1.165, 1.54) is 11.3 Å². The summed E-state index contributed by atoms with van der Waals surface area (Å²) in [4.78, 5) is 24.3. The second kappa shape index (κ2) is 5.27. The molecule has 0 unspecified atom stereocenters. The first-order valence-corrected chi connectivity index (χ1v) is 7.36. The van der Waals surface area contributed by atoms with Gasteiger partial charge in [0.25, 0.3) is 0 Å². The predicted octanol–water partition coefficient (Wildman–Crippen LogP) is 2.61. The molecular weight excluding hydrogens is 286 g/mol. The Labute approximate surface area is 124 Å². The van der Waals surface area contributed by atoms with Crippen molar-refractivity contribution in [3.8, 4) is 0 Å². The fraction of sp³-hybridized carbons (Fsp3) is 0.125. The number of hydrogen-bond donors (Lipinski definition) is 2. The molecule has 0 radical (unpaired) electrons. The molecule has 3 N–H and O–H groups in total. The molecule has 0 saturated heterocycles. The molecule has 4 nitrogen and oxygen atoms in total. The zero-order chi connectivity index (χ0) is 15.0. The fourth-order valence-corrected chi connectivity index (χ4v) is 3.63. The summed E-state index contributed by atoms with van der Waals surface area (Å²) in [6, 6.07) is 10.8. The molecule has 0 bridgehead atoms. The number of carboxylic acid groups (broad SMARTS) is 1. The molecule has 1 heterocycles. The summed E-state index contributed by atoms with van der Waals surface area (Å²) in [7, 11) is 0. The third-order valence-corrected chi connectivity index (χ3v) is 4.60. The van der Waals surface area contributed by atoms with Crippen LogP contribution in [-0.2, 0) is 6.42 Å². The summed E-state index contributed by atoms with van der Waals surface area (Å²) in [5.74, 6) is -1.08. The minimum Gasteiger partial charge on any atom is -0.478 e. The molecule has 3 rings (SSSR count). The number of nitrogens with two attached hydrogens (primary N) is 1. The number of carboxylic acids is 1. The first kappa shape index (κ1) is 13.7. The normalized spacial score (nSPS) is 11.1. The van der Waals surface area contributed by atoms with Crippen molar-refractivity contribution in [1.82, 2.24) is 0 Å². The molecule has 0 aliphatic rings. The minimum absolute atomic E-state index is 0.0879. The van der Waals surface area contributed by atoms with Crippen molar-refractivity contribution >= 4 is 37.5 Å². The van der Waals surface area contributed by atoms with E-state index < -0.39 is 5.97 Å². The Kier molecular flexibility index (Phi) is 3.45. The first-order valence-electron chi connectivity index (χ1n) is 6.54.